The van der Waals surface area contributed by atoms with Gasteiger partial charge in [0, 0.05) is 11.6 Å². The van der Waals surface area contributed by atoms with Crippen LogP contribution >= 0.6 is 0 Å². The number of fused-ring (bicyclic) bond motifs is 2. The van der Waals surface area contributed by atoms with E-state index in [1.807, 2.05) is 13.8 Å². The summed E-state index contributed by atoms with van der Waals surface area (Å²) in [5.41, 5.74) is 1.29. The molecule has 4 heterocycles. The Hall–Kier alpha value is -3.09. The molecule has 1 aliphatic carbocycles. The SMILES string of the molecule is CC1(C)O[C@@H]2[C@H](O1)[C@@H](C=Cc1ccccc1F)O[C@H]2n1cnc2c(NC3CCC(C(F)(F)F)C3)ncnc21. The summed E-state index contributed by atoms with van der Waals surface area (Å²) in [6.45, 7) is 3.62. The monoisotopic (exact) mass is 533 g/mol. The van der Waals surface area contributed by atoms with Crippen molar-refractivity contribution >= 4 is 23.1 Å². The lowest BCUT2D eigenvalue weighted by molar-refractivity contribution is -0.191. The Morgan fingerprint density at radius 1 is 1.08 bits per heavy atom. The Bertz CT molecular complexity index is 1360. The van der Waals surface area contributed by atoms with E-state index in [1.165, 1.54) is 12.4 Å². The Morgan fingerprint density at radius 2 is 1.87 bits per heavy atom. The average Bonchev–Trinajstić information content (AvgIpc) is 3.62. The highest BCUT2D eigenvalue weighted by Crippen LogP contribution is 2.45. The summed E-state index contributed by atoms with van der Waals surface area (Å²) in [4.78, 5) is 13.1. The number of aromatic nitrogens is 4. The number of nitrogens with one attached hydrogen (secondary N) is 1. The first-order chi connectivity index (χ1) is 18.1. The molecule has 202 valence electrons. The smallest absolute Gasteiger partial charge is 0.365 e. The van der Waals surface area contributed by atoms with Crippen LogP contribution in [0.1, 0.15) is 44.9 Å². The van der Waals surface area contributed by atoms with Crippen molar-refractivity contribution in [2.24, 2.45) is 5.92 Å². The number of benzene rings is 1. The van der Waals surface area contributed by atoms with Crippen molar-refractivity contribution in [1.29, 1.82) is 0 Å². The maximum Gasteiger partial charge on any atom is 0.391 e. The Labute approximate surface area is 216 Å². The molecule has 6 rings (SSSR count). The number of hydrogen-bond donors (Lipinski definition) is 1. The second-order valence-corrected chi connectivity index (χ2v) is 10.4. The van der Waals surface area contributed by atoms with Gasteiger partial charge in [-0.2, -0.15) is 13.2 Å². The first-order valence-corrected chi connectivity index (χ1v) is 12.5. The van der Waals surface area contributed by atoms with Crippen LogP contribution in [0.4, 0.5) is 23.4 Å². The van der Waals surface area contributed by atoms with Crippen LogP contribution in [0.5, 0.6) is 0 Å². The number of alkyl halides is 3. The quantitative estimate of drug-likeness (QED) is 0.449. The number of anilines is 1. The second kappa shape index (κ2) is 9.28. The maximum absolute atomic E-state index is 14.2. The van der Waals surface area contributed by atoms with Crippen molar-refractivity contribution in [3.8, 4) is 0 Å². The molecule has 1 aromatic carbocycles. The average molecular weight is 534 g/mol. The van der Waals surface area contributed by atoms with Gasteiger partial charge in [0.05, 0.1) is 12.2 Å². The molecule has 2 aliphatic heterocycles. The van der Waals surface area contributed by atoms with Crippen LogP contribution in [0.3, 0.4) is 0 Å². The molecule has 0 amide bonds. The van der Waals surface area contributed by atoms with Crippen LogP contribution < -0.4 is 5.32 Å². The molecule has 1 saturated carbocycles. The lowest BCUT2D eigenvalue weighted by atomic mass is 10.1. The van der Waals surface area contributed by atoms with Crippen molar-refractivity contribution in [2.45, 2.75) is 75.7 Å². The zero-order valence-corrected chi connectivity index (χ0v) is 20.7. The maximum atomic E-state index is 14.2. The fraction of sp³-hybridized carbons (Fsp3) is 0.500. The molecule has 0 bridgehead atoms. The largest absolute Gasteiger partial charge is 0.391 e. The zero-order chi connectivity index (χ0) is 26.7. The molecule has 2 unspecified atom stereocenters. The first-order valence-electron chi connectivity index (χ1n) is 12.5. The van der Waals surface area contributed by atoms with Gasteiger partial charge in [-0.25, -0.2) is 19.3 Å². The third-order valence-electron chi connectivity index (χ3n) is 7.31. The van der Waals surface area contributed by atoms with Gasteiger partial charge in [-0.15, -0.1) is 0 Å². The minimum absolute atomic E-state index is 0.0124. The summed E-state index contributed by atoms with van der Waals surface area (Å²) in [7, 11) is 0. The van der Waals surface area contributed by atoms with Crippen LogP contribution in [0.25, 0.3) is 17.2 Å². The molecule has 0 spiro atoms. The lowest BCUT2D eigenvalue weighted by Gasteiger charge is -2.24. The molecule has 2 aromatic heterocycles. The standard InChI is InChI=1S/C26H27F4N5O3/c1-25(2)37-20-18(10-7-14-5-3-4-6-17(14)27)36-24(21(20)38-25)35-13-33-19-22(31-12-32-23(19)35)34-16-9-8-15(11-16)26(28,29)30/h3-7,10,12-13,15-16,18,20-21,24H,8-9,11H2,1-2H3,(H,31,32,34)/t15?,16?,18-,20-,21-,24-/m1/s1. The predicted molar refractivity (Wildman–Crippen MR) is 129 cm³/mol. The fourth-order valence-corrected chi connectivity index (χ4v) is 5.54. The molecule has 3 aliphatic rings. The fourth-order valence-electron chi connectivity index (χ4n) is 5.54. The highest BCUT2D eigenvalue weighted by Gasteiger charge is 2.55. The van der Waals surface area contributed by atoms with Crippen molar-refractivity contribution in [3.05, 3.63) is 54.4 Å². The molecule has 0 radical (unpaired) electrons. The molecular formula is C26H27F4N5O3. The molecule has 2 saturated heterocycles. The summed E-state index contributed by atoms with van der Waals surface area (Å²) in [6, 6.07) is 6.06. The normalized spacial score (nSPS) is 30.9. The third kappa shape index (κ3) is 4.65. The number of halogens is 4. The Balaban J connectivity index is 1.27. The van der Waals surface area contributed by atoms with E-state index in [1.54, 1.807) is 41.2 Å². The first kappa shape index (κ1) is 25.2. The molecule has 3 fully saturated rings. The van der Waals surface area contributed by atoms with Gasteiger partial charge in [0.15, 0.2) is 29.0 Å². The van der Waals surface area contributed by atoms with Gasteiger partial charge in [-0.05, 0) is 39.2 Å². The number of imidazole rings is 1. The number of hydrogen-bond acceptors (Lipinski definition) is 7. The van der Waals surface area contributed by atoms with Crippen LogP contribution in [0, 0.1) is 11.7 Å². The van der Waals surface area contributed by atoms with E-state index < -0.39 is 42.4 Å². The zero-order valence-electron chi connectivity index (χ0n) is 20.7. The predicted octanol–water partition coefficient (Wildman–Crippen LogP) is 5.24. The summed E-state index contributed by atoms with van der Waals surface area (Å²) >= 11 is 0. The molecule has 3 aromatic rings. The van der Waals surface area contributed by atoms with Crippen molar-refractivity contribution in [1.82, 2.24) is 19.5 Å². The van der Waals surface area contributed by atoms with Crippen molar-refractivity contribution in [2.75, 3.05) is 5.32 Å². The van der Waals surface area contributed by atoms with Gasteiger partial charge in [-0.1, -0.05) is 30.4 Å². The van der Waals surface area contributed by atoms with Gasteiger partial charge in [0.25, 0.3) is 0 Å². The molecule has 8 nitrogen and oxygen atoms in total. The Morgan fingerprint density at radius 3 is 2.63 bits per heavy atom. The molecule has 38 heavy (non-hydrogen) atoms. The van der Waals surface area contributed by atoms with Crippen LogP contribution in [0.2, 0.25) is 0 Å². The second-order valence-electron chi connectivity index (χ2n) is 10.4. The van der Waals surface area contributed by atoms with E-state index in [-0.39, 0.29) is 24.7 Å². The summed E-state index contributed by atoms with van der Waals surface area (Å²) in [5, 5.41) is 3.13. The van der Waals surface area contributed by atoms with Gasteiger partial charge >= 0.3 is 6.18 Å². The van der Waals surface area contributed by atoms with Crippen LogP contribution in [-0.4, -0.2) is 55.8 Å². The van der Waals surface area contributed by atoms with E-state index in [0.29, 0.717) is 29.0 Å². The number of nitrogens with zero attached hydrogens (tertiary/aromatic N) is 4. The van der Waals surface area contributed by atoms with Gasteiger partial charge in [0.2, 0.25) is 0 Å². The third-order valence-corrected chi connectivity index (χ3v) is 7.31. The number of rotatable bonds is 5. The molecular weight excluding hydrogens is 506 g/mol. The van der Waals surface area contributed by atoms with E-state index in [0.717, 1.165) is 0 Å². The Kier molecular flexibility index (Phi) is 6.15. The minimum atomic E-state index is -4.20. The van der Waals surface area contributed by atoms with E-state index >= 15 is 0 Å². The molecule has 6 atom stereocenters. The van der Waals surface area contributed by atoms with Crippen LogP contribution in [-0.2, 0) is 14.2 Å². The molecule has 1 N–H and O–H groups in total. The van der Waals surface area contributed by atoms with E-state index in [2.05, 4.69) is 20.3 Å². The molecule has 12 heteroatoms. The highest BCUT2D eigenvalue weighted by molar-refractivity contribution is 5.82. The topological polar surface area (TPSA) is 83.3 Å². The van der Waals surface area contributed by atoms with Gasteiger partial charge in [0.1, 0.15) is 30.5 Å². The minimum Gasteiger partial charge on any atom is -0.365 e. The van der Waals surface area contributed by atoms with Crippen molar-refractivity contribution in [3.63, 3.8) is 0 Å². The summed E-state index contributed by atoms with van der Waals surface area (Å²) in [5.74, 6) is -2.16. The van der Waals surface area contributed by atoms with Gasteiger partial charge < -0.3 is 19.5 Å². The lowest BCUT2D eigenvalue weighted by Crippen LogP contribution is -2.28. The van der Waals surface area contributed by atoms with Crippen LogP contribution in [0.15, 0.2) is 43.0 Å². The van der Waals surface area contributed by atoms with Crippen molar-refractivity contribution < 1.29 is 31.8 Å². The highest BCUT2D eigenvalue weighted by atomic mass is 19.4. The van der Waals surface area contributed by atoms with Gasteiger partial charge in [-0.3, -0.25) is 4.57 Å². The summed E-state index contributed by atoms with van der Waals surface area (Å²) < 4.78 is 73.9. The van der Waals surface area contributed by atoms with E-state index in [9.17, 15) is 17.6 Å². The number of ether oxygens (including phenoxy) is 3. The van der Waals surface area contributed by atoms with E-state index in [4.69, 9.17) is 14.2 Å². The summed E-state index contributed by atoms with van der Waals surface area (Å²) in [6.07, 6.45) is 0.379.